The summed E-state index contributed by atoms with van der Waals surface area (Å²) in [6.07, 6.45) is 2.56. The van der Waals surface area contributed by atoms with Crippen LogP contribution >= 0.6 is 15.9 Å². The Labute approximate surface area is 115 Å². The SMILES string of the molecule is CC(C)CNC(=O)/C=C/C(=O)c1ccc(Br)cc1. The van der Waals surface area contributed by atoms with Gasteiger partial charge in [-0.15, -0.1) is 0 Å². The van der Waals surface area contributed by atoms with Crippen molar-refractivity contribution < 1.29 is 9.59 Å². The highest BCUT2D eigenvalue weighted by Gasteiger charge is 2.03. The number of allylic oxidation sites excluding steroid dienone is 1. The molecule has 96 valence electrons. The number of amides is 1. The number of ketones is 1. The third-order valence-corrected chi connectivity index (χ3v) is 2.73. The topological polar surface area (TPSA) is 46.2 Å². The number of carbonyl (C=O) groups is 2. The van der Waals surface area contributed by atoms with Crippen LogP contribution < -0.4 is 5.32 Å². The molecule has 0 saturated heterocycles. The van der Waals surface area contributed by atoms with Crippen LogP contribution in [0.4, 0.5) is 0 Å². The van der Waals surface area contributed by atoms with Crippen molar-refractivity contribution in [3.8, 4) is 0 Å². The largest absolute Gasteiger partial charge is 0.352 e. The average molecular weight is 310 g/mol. The molecule has 1 rings (SSSR count). The highest BCUT2D eigenvalue weighted by molar-refractivity contribution is 9.10. The fourth-order valence-corrected chi connectivity index (χ4v) is 1.49. The summed E-state index contributed by atoms with van der Waals surface area (Å²) < 4.78 is 0.915. The van der Waals surface area contributed by atoms with Gasteiger partial charge in [-0.2, -0.15) is 0 Å². The lowest BCUT2D eigenvalue weighted by Gasteiger charge is -2.04. The van der Waals surface area contributed by atoms with E-state index >= 15 is 0 Å². The van der Waals surface area contributed by atoms with Crippen LogP contribution in [0.3, 0.4) is 0 Å². The summed E-state index contributed by atoms with van der Waals surface area (Å²) in [6.45, 7) is 4.63. The second-order valence-electron chi connectivity index (χ2n) is 4.34. The Morgan fingerprint density at radius 1 is 1.22 bits per heavy atom. The van der Waals surface area contributed by atoms with Gasteiger partial charge in [-0.3, -0.25) is 9.59 Å². The Morgan fingerprint density at radius 3 is 2.39 bits per heavy atom. The Hall–Kier alpha value is -1.42. The van der Waals surface area contributed by atoms with Gasteiger partial charge in [0.1, 0.15) is 0 Å². The van der Waals surface area contributed by atoms with Crippen molar-refractivity contribution in [2.24, 2.45) is 5.92 Å². The van der Waals surface area contributed by atoms with Gasteiger partial charge in [-0.1, -0.05) is 29.8 Å². The molecule has 0 bridgehead atoms. The van der Waals surface area contributed by atoms with Gasteiger partial charge < -0.3 is 5.32 Å². The summed E-state index contributed by atoms with van der Waals surface area (Å²) in [5.41, 5.74) is 0.561. The van der Waals surface area contributed by atoms with Crippen molar-refractivity contribution in [1.82, 2.24) is 5.32 Å². The number of carbonyl (C=O) groups excluding carboxylic acids is 2. The Morgan fingerprint density at radius 2 is 1.83 bits per heavy atom. The van der Waals surface area contributed by atoms with Crippen molar-refractivity contribution in [1.29, 1.82) is 0 Å². The standard InChI is InChI=1S/C14H16BrNO2/c1-10(2)9-16-14(18)8-7-13(17)11-3-5-12(15)6-4-11/h3-8,10H,9H2,1-2H3,(H,16,18)/b8-7+. The van der Waals surface area contributed by atoms with E-state index in [4.69, 9.17) is 0 Å². The molecule has 1 N–H and O–H groups in total. The monoisotopic (exact) mass is 309 g/mol. The van der Waals surface area contributed by atoms with Gasteiger partial charge in [0.05, 0.1) is 0 Å². The summed E-state index contributed by atoms with van der Waals surface area (Å²) in [6, 6.07) is 7.01. The third kappa shape index (κ3) is 5.27. The zero-order chi connectivity index (χ0) is 13.5. The van der Waals surface area contributed by atoms with Crippen LogP contribution in [-0.2, 0) is 4.79 Å². The van der Waals surface area contributed by atoms with E-state index in [2.05, 4.69) is 21.2 Å². The lowest BCUT2D eigenvalue weighted by Crippen LogP contribution is -2.25. The first-order chi connectivity index (χ1) is 8.49. The number of hydrogen-bond donors (Lipinski definition) is 1. The molecular weight excluding hydrogens is 294 g/mol. The molecule has 4 heteroatoms. The van der Waals surface area contributed by atoms with Gasteiger partial charge in [0.15, 0.2) is 5.78 Å². The van der Waals surface area contributed by atoms with Crippen molar-refractivity contribution >= 4 is 27.6 Å². The predicted molar refractivity (Wildman–Crippen MR) is 75.5 cm³/mol. The van der Waals surface area contributed by atoms with E-state index in [-0.39, 0.29) is 11.7 Å². The molecule has 0 aromatic heterocycles. The van der Waals surface area contributed by atoms with Gasteiger partial charge in [-0.25, -0.2) is 0 Å². The van der Waals surface area contributed by atoms with E-state index in [0.717, 1.165) is 4.47 Å². The predicted octanol–water partition coefficient (Wildman–Crippen LogP) is 2.96. The van der Waals surface area contributed by atoms with E-state index in [1.54, 1.807) is 24.3 Å². The number of halogens is 1. The molecule has 1 aromatic carbocycles. The molecule has 0 heterocycles. The lowest BCUT2D eigenvalue weighted by molar-refractivity contribution is -0.116. The van der Waals surface area contributed by atoms with Crippen molar-refractivity contribution in [3.05, 3.63) is 46.5 Å². The minimum absolute atomic E-state index is 0.179. The number of hydrogen-bond acceptors (Lipinski definition) is 2. The molecule has 18 heavy (non-hydrogen) atoms. The molecule has 1 amide bonds. The molecule has 0 radical (unpaired) electrons. The van der Waals surface area contributed by atoms with Crippen LogP contribution in [0, 0.1) is 5.92 Å². The van der Waals surface area contributed by atoms with Crippen molar-refractivity contribution in [2.75, 3.05) is 6.54 Å². The first kappa shape index (κ1) is 14.6. The van der Waals surface area contributed by atoms with E-state index in [0.29, 0.717) is 18.0 Å². The molecule has 0 fully saturated rings. The Balaban J connectivity index is 2.54. The molecular formula is C14H16BrNO2. The highest BCUT2D eigenvalue weighted by Crippen LogP contribution is 2.11. The summed E-state index contributed by atoms with van der Waals surface area (Å²) in [4.78, 5) is 23.1. The minimum atomic E-state index is -0.242. The smallest absolute Gasteiger partial charge is 0.244 e. The molecule has 0 unspecified atom stereocenters. The van der Waals surface area contributed by atoms with Crippen LogP contribution in [0.5, 0.6) is 0 Å². The summed E-state index contributed by atoms with van der Waals surface area (Å²) in [5.74, 6) is -0.0270. The van der Waals surface area contributed by atoms with Gasteiger partial charge in [0.2, 0.25) is 5.91 Å². The summed E-state index contributed by atoms with van der Waals surface area (Å²) >= 11 is 3.30. The van der Waals surface area contributed by atoms with Crippen molar-refractivity contribution in [3.63, 3.8) is 0 Å². The van der Waals surface area contributed by atoms with E-state index < -0.39 is 0 Å². The molecule has 0 saturated carbocycles. The van der Waals surface area contributed by atoms with Crippen LogP contribution in [0.1, 0.15) is 24.2 Å². The molecule has 1 aromatic rings. The number of rotatable bonds is 5. The van der Waals surface area contributed by atoms with Gasteiger partial charge in [-0.05, 0) is 36.3 Å². The quantitative estimate of drug-likeness (QED) is 0.671. The second-order valence-corrected chi connectivity index (χ2v) is 5.26. The zero-order valence-corrected chi connectivity index (χ0v) is 12.0. The lowest BCUT2D eigenvalue weighted by atomic mass is 10.1. The van der Waals surface area contributed by atoms with Crippen LogP contribution in [0.15, 0.2) is 40.9 Å². The first-order valence-corrected chi connectivity index (χ1v) is 6.54. The summed E-state index contributed by atoms with van der Waals surface area (Å²) in [7, 11) is 0. The fraction of sp³-hybridized carbons (Fsp3) is 0.286. The minimum Gasteiger partial charge on any atom is -0.352 e. The molecule has 3 nitrogen and oxygen atoms in total. The number of benzene rings is 1. The Bertz CT molecular complexity index is 449. The van der Waals surface area contributed by atoms with Crippen molar-refractivity contribution in [2.45, 2.75) is 13.8 Å². The molecule has 0 aliphatic heterocycles. The second kappa shape index (κ2) is 7.11. The normalized spacial score (nSPS) is 10.9. The van der Waals surface area contributed by atoms with Gasteiger partial charge >= 0.3 is 0 Å². The maximum absolute atomic E-state index is 11.7. The molecule has 0 spiro atoms. The molecule has 0 aliphatic carbocycles. The highest BCUT2D eigenvalue weighted by atomic mass is 79.9. The summed E-state index contributed by atoms with van der Waals surface area (Å²) in [5, 5.41) is 2.71. The van der Waals surface area contributed by atoms with E-state index in [1.165, 1.54) is 12.2 Å². The van der Waals surface area contributed by atoms with Gasteiger partial charge in [0.25, 0.3) is 0 Å². The third-order valence-electron chi connectivity index (χ3n) is 2.20. The number of nitrogens with one attached hydrogen (secondary N) is 1. The van der Waals surface area contributed by atoms with E-state index in [1.807, 2.05) is 13.8 Å². The maximum Gasteiger partial charge on any atom is 0.244 e. The maximum atomic E-state index is 11.7. The van der Waals surface area contributed by atoms with Crippen LogP contribution in [0.25, 0.3) is 0 Å². The molecule has 0 aliphatic rings. The Kier molecular flexibility index (Phi) is 5.78. The first-order valence-electron chi connectivity index (χ1n) is 5.75. The van der Waals surface area contributed by atoms with E-state index in [9.17, 15) is 9.59 Å². The zero-order valence-electron chi connectivity index (χ0n) is 10.4. The molecule has 0 atom stereocenters. The van der Waals surface area contributed by atoms with Crippen LogP contribution in [0.2, 0.25) is 0 Å². The average Bonchev–Trinajstić information content (AvgIpc) is 2.34. The fourth-order valence-electron chi connectivity index (χ4n) is 1.23. The van der Waals surface area contributed by atoms with Crippen LogP contribution in [-0.4, -0.2) is 18.2 Å². The van der Waals surface area contributed by atoms with Gasteiger partial charge in [0, 0.05) is 22.7 Å².